The van der Waals surface area contributed by atoms with Crippen molar-refractivity contribution in [3.05, 3.63) is 42.2 Å². The summed E-state index contributed by atoms with van der Waals surface area (Å²) < 4.78 is 4.34. The highest BCUT2D eigenvalue weighted by Crippen LogP contribution is 2.22. The minimum Gasteiger partial charge on any atom is -0.328 e. The molecule has 25 heavy (non-hydrogen) atoms. The maximum atomic E-state index is 11.9. The van der Waals surface area contributed by atoms with E-state index in [2.05, 4.69) is 26.4 Å². The summed E-state index contributed by atoms with van der Waals surface area (Å²) >= 11 is 0. The van der Waals surface area contributed by atoms with Gasteiger partial charge in [-0.05, 0) is 31.5 Å². The van der Waals surface area contributed by atoms with Crippen LogP contribution in [0.1, 0.15) is 38.8 Å². The maximum Gasteiger partial charge on any atom is 0.226 e. The van der Waals surface area contributed by atoms with Gasteiger partial charge in [0.15, 0.2) is 0 Å². The number of anilines is 1. The lowest BCUT2D eigenvalue weighted by Crippen LogP contribution is -2.17. The zero-order chi connectivity index (χ0) is 18.0. The lowest BCUT2D eigenvalue weighted by molar-refractivity contribution is -0.118. The highest BCUT2D eigenvalue weighted by atomic mass is 16.1. The van der Waals surface area contributed by atoms with Crippen LogP contribution in [0.4, 0.5) is 5.69 Å². The first kappa shape index (κ1) is 17.2. The number of amides is 1. The molecule has 6 heteroatoms. The summed E-state index contributed by atoms with van der Waals surface area (Å²) in [4.78, 5) is 21.0. The molecular weight excluding hydrogens is 314 g/mol. The van der Waals surface area contributed by atoms with Crippen LogP contribution in [0.2, 0.25) is 0 Å². The zero-order valence-corrected chi connectivity index (χ0v) is 15.3. The van der Waals surface area contributed by atoms with Crippen LogP contribution in [-0.4, -0.2) is 25.0 Å². The maximum absolute atomic E-state index is 11.9. The van der Waals surface area contributed by atoms with Crippen LogP contribution in [0.5, 0.6) is 0 Å². The van der Waals surface area contributed by atoms with Crippen LogP contribution in [0.25, 0.3) is 11.0 Å². The van der Waals surface area contributed by atoms with Crippen molar-refractivity contribution in [3.63, 3.8) is 0 Å². The molecule has 0 aliphatic heterocycles. The van der Waals surface area contributed by atoms with E-state index in [1.807, 2.05) is 51.4 Å². The van der Waals surface area contributed by atoms with Crippen LogP contribution in [0.15, 0.2) is 30.6 Å². The minimum absolute atomic E-state index is 0.0154. The molecule has 2 heterocycles. The molecule has 6 nitrogen and oxygen atoms in total. The molecule has 2 aromatic heterocycles. The fraction of sp³-hybridized carbons (Fsp3) is 0.421. The SMILES string of the molecule is CCCn1c(Cn2ccnc2C)nc2cc(NC(=O)C(C)C)ccc21. The van der Waals surface area contributed by atoms with Gasteiger partial charge in [-0.2, -0.15) is 0 Å². The zero-order valence-electron chi connectivity index (χ0n) is 15.3. The average molecular weight is 339 g/mol. The average Bonchev–Trinajstić information content (AvgIpc) is 3.12. The number of carbonyl (C=O) groups excluding carboxylic acids is 1. The number of imidazole rings is 2. The Morgan fingerprint density at radius 3 is 2.76 bits per heavy atom. The molecular formula is C19H25N5O. The predicted octanol–water partition coefficient (Wildman–Crippen LogP) is 3.59. The van der Waals surface area contributed by atoms with Gasteiger partial charge in [-0.25, -0.2) is 9.97 Å². The van der Waals surface area contributed by atoms with Gasteiger partial charge < -0.3 is 14.5 Å². The van der Waals surface area contributed by atoms with E-state index in [4.69, 9.17) is 4.98 Å². The second-order valence-corrected chi connectivity index (χ2v) is 6.63. The third-order valence-corrected chi connectivity index (χ3v) is 4.30. The van der Waals surface area contributed by atoms with Crippen molar-refractivity contribution in [2.24, 2.45) is 5.92 Å². The first-order valence-corrected chi connectivity index (χ1v) is 8.77. The number of hydrogen-bond donors (Lipinski definition) is 1. The summed E-state index contributed by atoms with van der Waals surface area (Å²) in [6.07, 6.45) is 4.81. The van der Waals surface area contributed by atoms with E-state index in [1.54, 1.807) is 0 Å². The van der Waals surface area contributed by atoms with Crippen molar-refractivity contribution < 1.29 is 4.79 Å². The Morgan fingerprint density at radius 2 is 2.12 bits per heavy atom. The van der Waals surface area contributed by atoms with E-state index in [-0.39, 0.29) is 11.8 Å². The molecule has 0 bridgehead atoms. The Labute approximate surface area is 147 Å². The van der Waals surface area contributed by atoms with Crippen LogP contribution in [-0.2, 0) is 17.9 Å². The molecule has 0 saturated carbocycles. The van der Waals surface area contributed by atoms with Gasteiger partial charge in [-0.15, -0.1) is 0 Å². The molecule has 3 rings (SSSR count). The quantitative estimate of drug-likeness (QED) is 0.746. The van der Waals surface area contributed by atoms with Gasteiger partial charge in [0.1, 0.15) is 11.6 Å². The first-order valence-electron chi connectivity index (χ1n) is 8.77. The van der Waals surface area contributed by atoms with Crippen molar-refractivity contribution in [2.45, 2.75) is 47.2 Å². The van der Waals surface area contributed by atoms with E-state index in [0.29, 0.717) is 6.54 Å². The highest BCUT2D eigenvalue weighted by molar-refractivity contribution is 5.94. The van der Waals surface area contributed by atoms with Crippen LogP contribution in [0, 0.1) is 12.8 Å². The molecule has 0 saturated heterocycles. The van der Waals surface area contributed by atoms with Gasteiger partial charge in [0.05, 0.1) is 17.6 Å². The standard InChI is InChI=1S/C19H25N5O/c1-5-9-24-17-7-6-15(21-19(25)13(2)3)11-16(17)22-18(24)12-23-10-8-20-14(23)4/h6-8,10-11,13H,5,9,12H2,1-4H3,(H,21,25). The lowest BCUT2D eigenvalue weighted by Gasteiger charge is -2.10. The summed E-state index contributed by atoms with van der Waals surface area (Å²) in [6, 6.07) is 5.94. The van der Waals surface area contributed by atoms with E-state index >= 15 is 0 Å². The van der Waals surface area contributed by atoms with Crippen molar-refractivity contribution in [3.8, 4) is 0 Å². The fourth-order valence-corrected chi connectivity index (χ4v) is 2.86. The van der Waals surface area contributed by atoms with E-state index < -0.39 is 0 Å². The van der Waals surface area contributed by atoms with E-state index in [1.165, 1.54) is 0 Å². The number of rotatable bonds is 6. The van der Waals surface area contributed by atoms with E-state index in [0.717, 1.165) is 41.3 Å². The van der Waals surface area contributed by atoms with Crippen LogP contribution < -0.4 is 5.32 Å². The second-order valence-electron chi connectivity index (χ2n) is 6.63. The molecule has 3 aromatic rings. The number of nitrogens with one attached hydrogen (secondary N) is 1. The molecule has 0 aliphatic rings. The summed E-state index contributed by atoms with van der Waals surface area (Å²) in [7, 11) is 0. The molecule has 0 spiro atoms. The second kappa shape index (κ2) is 7.09. The number of fused-ring (bicyclic) bond motifs is 1. The largest absolute Gasteiger partial charge is 0.328 e. The third-order valence-electron chi connectivity index (χ3n) is 4.30. The Bertz CT molecular complexity index is 890. The lowest BCUT2D eigenvalue weighted by atomic mass is 10.2. The predicted molar refractivity (Wildman–Crippen MR) is 99.6 cm³/mol. The molecule has 1 aromatic carbocycles. The topological polar surface area (TPSA) is 64.7 Å². The Hall–Kier alpha value is -2.63. The summed E-state index contributed by atoms with van der Waals surface area (Å²) in [6.45, 7) is 9.53. The number of aromatic nitrogens is 4. The third kappa shape index (κ3) is 3.57. The molecule has 0 atom stereocenters. The minimum atomic E-state index is -0.0480. The summed E-state index contributed by atoms with van der Waals surface area (Å²) in [5, 5.41) is 2.95. The van der Waals surface area contributed by atoms with E-state index in [9.17, 15) is 4.79 Å². The fourth-order valence-electron chi connectivity index (χ4n) is 2.86. The van der Waals surface area contributed by atoms with Crippen molar-refractivity contribution in [1.29, 1.82) is 0 Å². The number of hydrogen-bond acceptors (Lipinski definition) is 3. The highest BCUT2D eigenvalue weighted by Gasteiger charge is 2.13. The molecule has 0 aliphatic carbocycles. The van der Waals surface area contributed by atoms with Crippen LogP contribution in [0.3, 0.4) is 0 Å². The van der Waals surface area contributed by atoms with Crippen LogP contribution >= 0.6 is 0 Å². The summed E-state index contributed by atoms with van der Waals surface area (Å²) in [5.74, 6) is 1.94. The molecule has 0 fully saturated rings. The van der Waals surface area contributed by atoms with Gasteiger partial charge in [-0.1, -0.05) is 20.8 Å². The number of nitrogens with zero attached hydrogens (tertiary/aromatic N) is 4. The molecule has 1 N–H and O–H groups in total. The van der Waals surface area contributed by atoms with Gasteiger partial charge in [0.25, 0.3) is 0 Å². The number of carbonyl (C=O) groups is 1. The molecule has 132 valence electrons. The number of aryl methyl sites for hydroxylation is 2. The molecule has 0 unspecified atom stereocenters. The smallest absolute Gasteiger partial charge is 0.226 e. The molecule has 1 amide bonds. The molecule has 0 radical (unpaired) electrons. The Kier molecular flexibility index (Phi) is 4.88. The van der Waals surface area contributed by atoms with Crippen molar-refractivity contribution >= 4 is 22.6 Å². The first-order chi connectivity index (χ1) is 12.0. The summed E-state index contributed by atoms with van der Waals surface area (Å²) in [5.41, 5.74) is 2.79. The Balaban J connectivity index is 1.97. The monoisotopic (exact) mass is 339 g/mol. The van der Waals surface area contributed by atoms with Gasteiger partial charge in [0, 0.05) is 30.5 Å². The van der Waals surface area contributed by atoms with Gasteiger partial charge >= 0.3 is 0 Å². The van der Waals surface area contributed by atoms with Gasteiger partial charge in [0.2, 0.25) is 5.91 Å². The van der Waals surface area contributed by atoms with Crippen molar-refractivity contribution in [1.82, 2.24) is 19.1 Å². The number of benzene rings is 1. The van der Waals surface area contributed by atoms with Crippen molar-refractivity contribution in [2.75, 3.05) is 5.32 Å². The van der Waals surface area contributed by atoms with Gasteiger partial charge in [-0.3, -0.25) is 4.79 Å². The normalized spacial score (nSPS) is 11.4. The Morgan fingerprint density at radius 1 is 1.32 bits per heavy atom.